The molecule has 2 aromatic rings. The Labute approximate surface area is 174 Å². The molecule has 0 bridgehead atoms. The van der Waals surface area contributed by atoms with Crippen molar-refractivity contribution in [1.29, 1.82) is 0 Å². The molecule has 3 fully saturated rings. The van der Waals surface area contributed by atoms with E-state index < -0.39 is 0 Å². The number of ether oxygens (including phenoxy) is 1. The van der Waals surface area contributed by atoms with Gasteiger partial charge in [-0.1, -0.05) is 36.4 Å². The van der Waals surface area contributed by atoms with Gasteiger partial charge in [0, 0.05) is 37.9 Å². The molecule has 2 heterocycles. The fourth-order valence-electron chi connectivity index (χ4n) is 6.75. The normalized spacial score (nSPS) is 34.1. The summed E-state index contributed by atoms with van der Waals surface area (Å²) in [6.45, 7) is 4.77. The predicted molar refractivity (Wildman–Crippen MR) is 118 cm³/mol. The molecule has 1 saturated heterocycles. The summed E-state index contributed by atoms with van der Waals surface area (Å²) < 4.78 is 6.64. The predicted octanol–water partition coefficient (Wildman–Crippen LogP) is 4.76. The van der Waals surface area contributed by atoms with Crippen molar-refractivity contribution in [1.82, 2.24) is 4.90 Å². The molecule has 1 spiro atoms. The molecule has 0 aromatic heterocycles. The first-order valence-electron chi connectivity index (χ1n) is 11.6. The lowest BCUT2D eigenvalue weighted by molar-refractivity contribution is 0.0403. The number of benzene rings is 2. The Kier molecular flexibility index (Phi) is 4.33. The number of fused-ring (bicyclic) bond motifs is 2. The van der Waals surface area contributed by atoms with Gasteiger partial charge >= 0.3 is 0 Å². The maximum atomic E-state index is 6.64. The quantitative estimate of drug-likeness (QED) is 0.738. The highest BCUT2D eigenvalue weighted by molar-refractivity contribution is 5.46. The van der Waals surface area contributed by atoms with E-state index in [1.165, 1.54) is 76.0 Å². The Morgan fingerprint density at radius 3 is 2.24 bits per heavy atom. The number of aryl methyl sites for hydroxylation is 1. The number of para-hydroxylation sites is 2. The van der Waals surface area contributed by atoms with Crippen molar-refractivity contribution in [2.75, 3.05) is 31.1 Å². The third-order valence-electron chi connectivity index (χ3n) is 8.19. The molecule has 29 heavy (non-hydrogen) atoms. The summed E-state index contributed by atoms with van der Waals surface area (Å²) in [5, 5.41) is 0. The molecule has 0 N–H and O–H groups in total. The van der Waals surface area contributed by atoms with Crippen LogP contribution in [0.5, 0.6) is 5.75 Å². The van der Waals surface area contributed by atoms with E-state index in [0.29, 0.717) is 0 Å². The van der Waals surface area contributed by atoms with E-state index in [-0.39, 0.29) is 5.60 Å². The first-order valence-corrected chi connectivity index (χ1v) is 11.6. The Morgan fingerprint density at radius 1 is 0.793 bits per heavy atom. The lowest BCUT2D eigenvalue weighted by Crippen LogP contribution is -2.50. The van der Waals surface area contributed by atoms with Crippen LogP contribution in [0.1, 0.15) is 37.7 Å². The molecule has 2 saturated carbocycles. The molecule has 3 nitrogen and oxygen atoms in total. The second kappa shape index (κ2) is 7.05. The first-order chi connectivity index (χ1) is 14.3. The van der Waals surface area contributed by atoms with Gasteiger partial charge in [-0.15, -0.1) is 0 Å². The van der Waals surface area contributed by atoms with E-state index in [1.54, 1.807) is 0 Å². The van der Waals surface area contributed by atoms with Crippen molar-refractivity contribution < 1.29 is 4.74 Å². The number of hydrogen-bond acceptors (Lipinski definition) is 3. The summed E-state index contributed by atoms with van der Waals surface area (Å²) in [5.41, 5.74) is 2.93. The molecule has 2 aliphatic heterocycles. The molecule has 152 valence electrons. The van der Waals surface area contributed by atoms with Crippen LogP contribution in [0.4, 0.5) is 5.69 Å². The number of rotatable bonds is 2. The van der Waals surface area contributed by atoms with E-state index in [9.17, 15) is 0 Å². The Bertz CT molecular complexity index is 844. The van der Waals surface area contributed by atoms with Crippen LogP contribution in [-0.4, -0.2) is 42.7 Å². The average molecular weight is 389 g/mol. The topological polar surface area (TPSA) is 15.7 Å². The highest BCUT2D eigenvalue weighted by Gasteiger charge is 2.52. The zero-order chi connectivity index (χ0) is 19.3. The molecule has 4 aliphatic rings. The summed E-state index contributed by atoms with van der Waals surface area (Å²) in [4.78, 5) is 5.34. The van der Waals surface area contributed by atoms with E-state index >= 15 is 0 Å². The van der Waals surface area contributed by atoms with Gasteiger partial charge in [0.15, 0.2) is 0 Å². The maximum Gasteiger partial charge on any atom is 0.123 e. The van der Waals surface area contributed by atoms with Crippen molar-refractivity contribution >= 4 is 5.69 Å². The third-order valence-corrected chi connectivity index (χ3v) is 8.19. The number of anilines is 1. The third kappa shape index (κ3) is 3.24. The summed E-state index contributed by atoms with van der Waals surface area (Å²) in [6, 6.07) is 20.4. The molecular formula is C26H32N2O. The summed E-state index contributed by atoms with van der Waals surface area (Å²) >= 11 is 0. The van der Waals surface area contributed by atoms with E-state index in [0.717, 1.165) is 23.6 Å². The van der Waals surface area contributed by atoms with Crippen LogP contribution in [0.25, 0.3) is 0 Å². The smallest absolute Gasteiger partial charge is 0.123 e. The number of nitrogens with zero attached hydrogens (tertiary/aromatic N) is 2. The van der Waals surface area contributed by atoms with Gasteiger partial charge in [0.1, 0.15) is 11.4 Å². The van der Waals surface area contributed by atoms with Gasteiger partial charge in [-0.3, -0.25) is 4.90 Å². The highest BCUT2D eigenvalue weighted by atomic mass is 16.5. The number of hydrogen-bond donors (Lipinski definition) is 0. The Balaban J connectivity index is 1.06. The van der Waals surface area contributed by atoms with Crippen molar-refractivity contribution in [2.45, 2.75) is 50.2 Å². The minimum Gasteiger partial charge on any atom is -0.487 e. The average Bonchev–Trinajstić information content (AvgIpc) is 3.30. The van der Waals surface area contributed by atoms with Crippen molar-refractivity contribution in [3.8, 4) is 5.75 Å². The van der Waals surface area contributed by atoms with Crippen LogP contribution < -0.4 is 9.64 Å². The first kappa shape index (κ1) is 17.8. The van der Waals surface area contributed by atoms with Crippen LogP contribution in [0.2, 0.25) is 0 Å². The summed E-state index contributed by atoms with van der Waals surface area (Å²) in [5.74, 6) is 2.90. The van der Waals surface area contributed by atoms with Gasteiger partial charge in [0.2, 0.25) is 0 Å². The lowest BCUT2D eigenvalue weighted by atomic mass is 9.87. The largest absolute Gasteiger partial charge is 0.487 e. The fraction of sp³-hybridized carbons (Fsp3) is 0.538. The molecule has 0 amide bonds. The molecule has 3 heteroatoms. The second-order valence-electron chi connectivity index (χ2n) is 9.80. The zero-order valence-corrected chi connectivity index (χ0v) is 17.3. The molecule has 2 atom stereocenters. The minimum absolute atomic E-state index is 0.140. The van der Waals surface area contributed by atoms with Crippen LogP contribution in [0, 0.1) is 11.8 Å². The molecule has 6 rings (SSSR count). The van der Waals surface area contributed by atoms with Gasteiger partial charge in [-0.05, 0) is 74.1 Å². The van der Waals surface area contributed by atoms with Gasteiger partial charge in [-0.2, -0.15) is 0 Å². The fourth-order valence-corrected chi connectivity index (χ4v) is 6.75. The van der Waals surface area contributed by atoms with Crippen LogP contribution >= 0.6 is 0 Å². The lowest BCUT2D eigenvalue weighted by Gasteiger charge is -2.40. The van der Waals surface area contributed by atoms with E-state index in [2.05, 4.69) is 64.4 Å². The SMILES string of the molecule is c1ccc(N2CCN(C3CC4CC5(CCc6ccccc6O5)CC4C3)CC2)cc1. The van der Waals surface area contributed by atoms with Gasteiger partial charge < -0.3 is 9.64 Å². The van der Waals surface area contributed by atoms with Crippen molar-refractivity contribution in [3.05, 3.63) is 60.2 Å². The monoisotopic (exact) mass is 388 g/mol. The Hall–Kier alpha value is -2.00. The highest BCUT2D eigenvalue weighted by Crippen LogP contribution is 2.54. The molecule has 0 radical (unpaired) electrons. The minimum atomic E-state index is 0.140. The Morgan fingerprint density at radius 2 is 1.48 bits per heavy atom. The van der Waals surface area contributed by atoms with Crippen LogP contribution in [-0.2, 0) is 6.42 Å². The van der Waals surface area contributed by atoms with Gasteiger partial charge in [-0.25, -0.2) is 0 Å². The summed E-state index contributed by atoms with van der Waals surface area (Å²) in [6.07, 6.45) is 7.77. The van der Waals surface area contributed by atoms with Crippen LogP contribution in [0.3, 0.4) is 0 Å². The molecule has 2 aliphatic carbocycles. The van der Waals surface area contributed by atoms with Gasteiger partial charge in [0.05, 0.1) is 0 Å². The standard InChI is InChI=1S/C26H32N2O/c1-2-7-23(8-3-1)27-12-14-28(15-13-27)24-16-21-18-26(19-22(21)17-24)11-10-20-6-4-5-9-25(20)29-26/h1-9,21-22,24H,10-19H2. The van der Waals surface area contributed by atoms with E-state index in [1.807, 2.05) is 0 Å². The van der Waals surface area contributed by atoms with Gasteiger partial charge in [0.25, 0.3) is 0 Å². The molecule has 2 unspecified atom stereocenters. The maximum absolute atomic E-state index is 6.64. The van der Waals surface area contributed by atoms with E-state index in [4.69, 9.17) is 4.74 Å². The van der Waals surface area contributed by atoms with Crippen molar-refractivity contribution in [2.24, 2.45) is 11.8 Å². The van der Waals surface area contributed by atoms with Crippen molar-refractivity contribution in [3.63, 3.8) is 0 Å². The molecular weight excluding hydrogens is 356 g/mol. The van der Waals surface area contributed by atoms with Crippen LogP contribution in [0.15, 0.2) is 54.6 Å². The second-order valence-corrected chi connectivity index (χ2v) is 9.80. The number of piperazine rings is 1. The zero-order valence-electron chi connectivity index (χ0n) is 17.3. The molecule has 2 aromatic carbocycles. The summed E-state index contributed by atoms with van der Waals surface area (Å²) in [7, 11) is 0.